The largest absolute Gasteiger partial charge is 0.465 e. The number of halogens is 1. The molecule has 3 aromatic rings. The maximum atomic E-state index is 11.0. The molecule has 0 aromatic carbocycles. The van der Waals surface area contributed by atoms with Gasteiger partial charge in [0.15, 0.2) is 11.5 Å². The molecule has 1 saturated heterocycles. The summed E-state index contributed by atoms with van der Waals surface area (Å²) in [5.74, 6) is 0.840. The molecule has 7 nitrogen and oxygen atoms in total. The molecule has 23 heavy (non-hydrogen) atoms. The fourth-order valence-electron chi connectivity index (χ4n) is 2.88. The lowest BCUT2D eigenvalue weighted by Crippen LogP contribution is -2.60. The minimum Gasteiger partial charge on any atom is -0.465 e. The van der Waals surface area contributed by atoms with Crippen LogP contribution in [0.2, 0.25) is 0 Å². The minimum absolute atomic E-state index is 0.00196. The van der Waals surface area contributed by atoms with Crippen LogP contribution in [0.15, 0.2) is 35.1 Å². The molecule has 0 radical (unpaired) electrons. The fraction of sp³-hybridized carbons (Fsp3) is 0.267. The van der Waals surface area contributed by atoms with Crippen LogP contribution in [0, 0.1) is 0 Å². The van der Waals surface area contributed by atoms with Crippen LogP contribution in [0.25, 0.3) is 16.7 Å². The Morgan fingerprint density at radius 1 is 1.43 bits per heavy atom. The van der Waals surface area contributed by atoms with Crippen molar-refractivity contribution in [2.24, 2.45) is 0 Å². The van der Waals surface area contributed by atoms with Gasteiger partial charge in [-0.2, -0.15) is 0 Å². The third-order valence-corrected chi connectivity index (χ3v) is 4.71. The van der Waals surface area contributed by atoms with Gasteiger partial charge in [-0.3, -0.25) is 0 Å². The maximum Gasteiger partial charge on any atom is 0.407 e. The Kier molecular flexibility index (Phi) is 3.15. The predicted molar refractivity (Wildman–Crippen MR) is 90.0 cm³/mol. The summed E-state index contributed by atoms with van der Waals surface area (Å²) < 4.78 is 2.96. The predicted octanol–water partition coefficient (Wildman–Crippen LogP) is 2.44. The van der Waals surface area contributed by atoms with Crippen molar-refractivity contribution < 1.29 is 9.90 Å². The average molecular weight is 376 g/mol. The number of carbonyl (C=O) groups is 1. The summed E-state index contributed by atoms with van der Waals surface area (Å²) in [7, 11) is 1.60. The van der Waals surface area contributed by atoms with Gasteiger partial charge in [0.25, 0.3) is 0 Å². The number of carboxylic acid groups (broad SMARTS) is 1. The monoisotopic (exact) mass is 375 g/mol. The Balaban J connectivity index is 1.75. The van der Waals surface area contributed by atoms with E-state index in [0.29, 0.717) is 18.7 Å². The normalized spacial score (nSPS) is 15.1. The highest BCUT2D eigenvalue weighted by Gasteiger charge is 2.34. The molecule has 118 valence electrons. The van der Waals surface area contributed by atoms with Crippen molar-refractivity contribution in [3.8, 4) is 0 Å². The van der Waals surface area contributed by atoms with Gasteiger partial charge in [-0.1, -0.05) is 0 Å². The first-order valence-electron chi connectivity index (χ1n) is 7.17. The van der Waals surface area contributed by atoms with E-state index in [2.05, 4.69) is 35.2 Å². The van der Waals surface area contributed by atoms with Crippen LogP contribution in [0.4, 0.5) is 10.6 Å². The zero-order valence-corrected chi connectivity index (χ0v) is 13.9. The lowest BCUT2D eigenvalue weighted by molar-refractivity contribution is 0.130. The van der Waals surface area contributed by atoms with Crippen molar-refractivity contribution in [3.05, 3.63) is 35.1 Å². The smallest absolute Gasteiger partial charge is 0.407 e. The highest BCUT2D eigenvalue weighted by Crippen LogP contribution is 2.29. The third kappa shape index (κ3) is 2.21. The second-order valence-corrected chi connectivity index (χ2v) is 6.56. The van der Waals surface area contributed by atoms with Crippen molar-refractivity contribution >= 4 is 44.5 Å². The third-order valence-electron chi connectivity index (χ3n) is 4.27. The fourth-order valence-corrected chi connectivity index (χ4v) is 3.20. The number of rotatable bonds is 2. The Bertz CT molecular complexity index is 919. The van der Waals surface area contributed by atoms with Gasteiger partial charge in [0, 0.05) is 37.0 Å². The Morgan fingerprint density at radius 3 is 2.96 bits per heavy atom. The van der Waals surface area contributed by atoms with Crippen molar-refractivity contribution in [2.45, 2.75) is 6.04 Å². The number of hydrogen-bond donors (Lipinski definition) is 1. The molecule has 1 aliphatic rings. The molecule has 0 atom stereocenters. The first-order chi connectivity index (χ1) is 11.0. The Labute approximate surface area is 140 Å². The van der Waals surface area contributed by atoms with Crippen LogP contribution in [0.3, 0.4) is 0 Å². The summed E-state index contributed by atoms with van der Waals surface area (Å²) in [6.45, 7) is 1.28. The number of nitrogens with zero attached hydrogens (tertiary/aromatic N) is 5. The molecule has 1 fully saturated rings. The number of pyridine rings is 1. The molecule has 0 saturated carbocycles. The van der Waals surface area contributed by atoms with Gasteiger partial charge in [0.1, 0.15) is 0 Å². The van der Waals surface area contributed by atoms with Gasteiger partial charge in [0.2, 0.25) is 0 Å². The summed E-state index contributed by atoms with van der Waals surface area (Å²) in [4.78, 5) is 23.5. The van der Waals surface area contributed by atoms with Crippen LogP contribution in [0.1, 0.15) is 0 Å². The molecule has 1 N–H and O–H groups in total. The minimum atomic E-state index is -0.902. The van der Waals surface area contributed by atoms with Gasteiger partial charge in [0.05, 0.1) is 17.1 Å². The second-order valence-electron chi connectivity index (χ2n) is 5.65. The number of aromatic nitrogens is 3. The summed E-state index contributed by atoms with van der Waals surface area (Å²) in [5, 5.41) is 9.05. The van der Waals surface area contributed by atoms with Crippen molar-refractivity contribution in [2.75, 3.05) is 25.0 Å². The van der Waals surface area contributed by atoms with E-state index in [1.807, 2.05) is 24.4 Å². The molecule has 0 unspecified atom stereocenters. The van der Waals surface area contributed by atoms with Crippen molar-refractivity contribution in [3.63, 3.8) is 0 Å². The van der Waals surface area contributed by atoms with E-state index in [-0.39, 0.29) is 6.04 Å². The van der Waals surface area contributed by atoms with E-state index in [4.69, 9.17) is 5.11 Å². The van der Waals surface area contributed by atoms with Gasteiger partial charge < -0.3 is 19.3 Å². The van der Waals surface area contributed by atoms with Gasteiger partial charge in [-0.05, 0) is 34.1 Å². The molecule has 0 spiro atoms. The number of anilines is 1. The molecular formula is C15H14BrN5O2. The first-order valence-corrected chi connectivity index (χ1v) is 7.97. The molecule has 4 rings (SSSR count). The van der Waals surface area contributed by atoms with Crippen LogP contribution < -0.4 is 4.90 Å². The molecule has 1 amide bonds. The van der Waals surface area contributed by atoms with Crippen LogP contribution >= 0.6 is 15.9 Å². The highest BCUT2D eigenvalue weighted by atomic mass is 79.9. The molecule has 4 heterocycles. The second kappa shape index (κ2) is 5.09. The van der Waals surface area contributed by atoms with E-state index >= 15 is 0 Å². The zero-order chi connectivity index (χ0) is 16.1. The summed E-state index contributed by atoms with van der Waals surface area (Å²) in [6.07, 6.45) is 2.81. The van der Waals surface area contributed by atoms with Gasteiger partial charge in [-0.15, -0.1) is 0 Å². The summed E-state index contributed by atoms with van der Waals surface area (Å²) >= 11 is 3.44. The number of hydrogen-bond acceptors (Lipinski definition) is 4. The van der Waals surface area contributed by atoms with Crippen molar-refractivity contribution in [1.29, 1.82) is 0 Å². The molecule has 3 aromatic heterocycles. The maximum absolute atomic E-state index is 11.0. The van der Waals surface area contributed by atoms with E-state index in [9.17, 15) is 4.79 Å². The molecule has 8 heteroatoms. The molecule has 0 bridgehead atoms. The highest BCUT2D eigenvalue weighted by molar-refractivity contribution is 9.10. The van der Waals surface area contributed by atoms with E-state index in [0.717, 1.165) is 21.3 Å². The lowest BCUT2D eigenvalue weighted by Gasteiger charge is -2.43. The number of fused-ring (bicyclic) bond motifs is 3. The van der Waals surface area contributed by atoms with E-state index in [1.165, 1.54) is 4.90 Å². The van der Waals surface area contributed by atoms with Crippen LogP contribution in [-0.4, -0.2) is 56.6 Å². The van der Waals surface area contributed by atoms with Crippen LogP contribution in [0.5, 0.6) is 0 Å². The number of amides is 1. The molecular weight excluding hydrogens is 362 g/mol. The SMILES string of the molecule is CN(C(=O)O)C1CN(c2nc3ncc(Br)cc3n3cccc23)C1. The molecule has 0 aliphatic carbocycles. The standard InChI is InChI=1S/C15H14BrN5O2/c1-19(15(22)23)10-7-20(8-10)14-11-3-2-4-21(11)12-5-9(16)6-17-13(12)18-14/h2-6,10H,7-8H2,1H3,(H,22,23). The number of likely N-dealkylation sites (N-methyl/N-ethyl adjacent to an activating group) is 1. The molecule has 1 aliphatic heterocycles. The topological polar surface area (TPSA) is 74.0 Å². The summed E-state index contributed by atoms with van der Waals surface area (Å²) in [6, 6.07) is 5.97. The van der Waals surface area contributed by atoms with E-state index < -0.39 is 6.09 Å². The van der Waals surface area contributed by atoms with Gasteiger partial charge >= 0.3 is 6.09 Å². The Morgan fingerprint density at radius 2 is 2.22 bits per heavy atom. The van der Waals surface area contributed by atoms with Crippen LogP contribution in [-0.2, 0) is 0 Å². The Hall–Kier alpha value is -2.35. The lowest BCUT2D eigenvalue weighted by atomic mass is 10.1. The average Bonchev–Trinajstić information content (AvgIpc) is 2.95. The zero-order valence-electron chi connectivity index (χ0n) is 12.3. The van der Waals surface area contributed by atoms with E-state index in [1.54, 1.807) is 13.2 Å². The van der Waals surface area contributed by atoms with Crippen molar-refractivity contribution in [1.82, 2.24) is 19.3 Å². The first kappa shape index (κ1) is 14.3. The summed E-state index contributed by atoms with van der Waals surface area (Å²) in [5.41, 5.74) is 2.60. The quantitative estimate of drug-likeness (QED) is 0.744. The van der Waals surface area contributed by atoms with Gasteiger partial charge in [-0.25, -0.2) is 14.8 Å².